The fourth-order valence-electron chi connectivity index (χ4n) is 4.36. The molecule has 0 aromatic heterocycles. The molecule has 3 aromatic carbocycles. The third kappa shape index (κ3) is 7.80. The van der Waals surface area contributed by atoms with Gasteiger partial charge in [-0.25, -0.2) is 8.42 Å². The van der Waals surface area contributed by atoms with Gasteiger partial charge in [0.1, 0.15) is 18.3 Å². The van der Waals surface area contributed by atoms with Crippen LogP contribution in [0.15, 0.2) is 77.7 Å². The van der Waals surface area contributed by atoms with Crippen molar-refractivity contribution < 1.29 is 22.7 Å². The van der Waals surface area contributed by atoms with E-state index in [1.54, 1.807) is 60.7 Å². The van der Waals surface area contributed by atoms with Crippen molar-refractivity contribution >= 4 is 39.1 Å². The van der Waals surface area contributed by atoms with Crippen molar-refractivity contribution in [3.8, 4) is 5.75 Å². The third-order valence-electron chi connectivity index (χ3n) is 6.93. The first-order chi connectivity index (χ1) is 19.5. The van der Waals surface area contributed by atoms with E-state index in [-0.39, 0.29) is 34.8 Å². The van der Waals surface area contributed by atoms with Crippen LogP contribution in [0, 0.1) is 6.92 Å². The number of aryl methyl sites for hydroxylation is 1. The molecule has 3 aromatic rings. The lowest BCUT2D eigenvalue weighted by Crippen LogP contribution is -2.53. The number of carbonyl (C=O) groups is 2. The number of anilines is 1. The van der Waals surface area contributed by atoms with Gasteiger partial charge in [0.25, 0.3) is 10.0 Å². The van der Waals surface area contributed by atoms with Gasteiger partial charge < -0.3 is 15.0 Å². The van der Waals surface area contributed by atoms with Gasteiger partial charge in [0.05, 0.1) is 17.7 Å². The molecule has 2 amide bonds. The average Bonchev–Trinajstić information content (AvgIpc) is 2.96. The monoisotopic (exact) mass is 599 g/mol. The maximum absolute atomic E-state index is 14.2. The van der Waals surface area contributed by atoms with Crippen LogP contribution in [-0.2, 0) is 26.2 Å². The quantitative estimate of drug-likeness (QED) is 0.277. The number of sulfonamides is 1. The van der Waals surface area contributed by atoms with Crippen LogP contribution in [0.25, 0.3) is 0 Å². The van der Waals surface area contributed by atoms with E-state index >= 15 is 0 Å². The van der Waals surface area contributed by atoms with Crippen LogP contribution in [0.2, 0.25) is 5.02 Å². The van der Waals surface area contributed by atoms with Gasteiger partial charge in [-0.05, 0) is 62.6 Å². The van der Waals surface area contributed by atoms with Gasteiger partial charge in [0.15, 0.2) is 0 Å². The van der Waals surface area contributed by atoms with Crippen molar-refractivity contribution in [2.75, 3.05) is 18.0 Å². The highest BCUT2D eigenvalue weighted by Crippen LogP contribution is 2.33. The van der Waals surface area contributed by atoms with Crippen LogP contribution < -0.4 is 14.4 Å². The van der Waals surface area contributed by atoms with Gasteiger partial charge in [-0.1, -0.05) is 73.5 Å². The third-order valence-corrected chi connectivity index (χ3v) is 9.07. The van der Waals surface area contributed by atoms with Crippen molar-refractivity contribution in [3.05, 3.63) is 88.9 Å². The molecule has 0 heterocycles. The predicted molar refractivity (Wildman–Crippen MR) is 163 cm³/mol. The first-order valence-corrected chi connectivity index (χ1v) is 15.4. The van der Waals surface area contributed by atoms with E-state index in [1.165, 1.54) is 24.1 Å². The molecule has 2 atom stereocenters. The number of nitrogens with zero attached hydrogens (tertiary/aromatic N) is 2. The Bertz CT molecular complexity index is 1450. The second kappa shape index (κ2) is 14.4. The van der Waals surface area contributed by atoms with Crippen molar-refractivity contribution in [2.45, 2.75) is 64.1 Å². The lowest BCUT2D eigenvalue weighted by atomic mass is 10.1. The summed E-state index contributed by atoms with van der Waals surface area (Å²) in [4.78, 5) is 29.0. The molecule has 8 nitrogen and oxygen atoms in total. The number of carbonyl (C=O) groups excluding carboxylic acids is 2. The Labute approximate surface area is 248 Å². The number of amides is 2. The van der Waals surface area contributed by atoms with E-state index in [1.807, 2.05) is 27.7 Å². The van der Waals surface area contributed by atoms with Crippen molar-refractivity contribution in [1.82, 2.24) is 10.2 Å². The van der Waals surface area contributed by atoms with Crippen LogP contribution in [0.5, 0.6) is 5.75 Å². The van der Waals surface area contributed by atoms with E-state index in [0.717, 1.165) is 16.3 Å². The van der Waals surface area contributed by atoms with Crippen molar-refractivity contribution in [2.24, 2.45) is 0 Å². The number of methoxy groups -OCH3 is 1. The maximum atomic E-state index is 14.2. The van der Waals surface area contributed by atoms with Crippen LogP contribution in [-0.4, -0.2) is 50.9 Å². The fourth-order valence-corrected chi connectivity index (χ4v) is 5.98. The molecule has 0 fully saturated rings. The number of hydrogen-bond acceptors (Lipinski definition) is 5. The maximum Gasteiger partial charge on any atom is 0.264 e. The topological polar surface area (TPSA) is 96.0 Å². The van der Waals surface area contributed by atoms with E-state index in [9.17, 15) is 18.0 Å². The molecule has 0 aliphatic carbocycles. The molecule has 0 radical (unpaired) electrons. The highest BCUT2D eigenvalue weighted by Gasteiger charge is 2.35. The molecular formula is C31H38ClN3O5S. The summed E-state index contributed by atoms with van der Waals surface area (Å²) in [5.41, 5.74) is 1.74. The summed E-state index contributed by atoms with van der Waals surface area (Å²) in [6, 6.07) is 19.2. The van der Waals surface area contributed by atoms with Gasteiger partial charge in [0, 0.05) is 17.6 Å². The molecular weight excluding hydrogens is 562 g/mol. The summed E-state index contributed by atoms with van der Waals surface area (Å²) in [6.45, 7) is 6.99. The van der Waals surface area contributed by atoms with Crippen molar-refractivity contribution in [3.63, 3.8) is 0 Å². The second-order valence-corrected chi connectivity index (χ2v) is 12.1. The zero-order valence-corrected chi connectivity index (χ0v) is 25.7. The number of para-hydroxylation sites is 2. The lowest BCUT2D eigenvalue weighted by Gasteiger charge is -2.34. The van der Waals surface area contributed by atoms with Crippen LogP contribution in [0.1, 0.15) is 44.7 Å². The Morgan fingerprint density at radius 1 is 0.951 bits per heavy atom. The smallest absolute Gasteiger partial charge is 0.264 e. The highest BCUT2D eigenvalue weighted by atomic mass is 35.5. The van der Waals surface area contributed by atoms with Gasteiger partial charge in [-0.3, -0.25) is 13.9 Å². The normalized spacial score (nSPS) is 12.7. The van der Waals surface area contributed by atoms with Crippen LogP contribution in [0.3, 0.4) is 0 Å². The first kappa shape index (κ1) is 32.0. The molecule has 0 unspecified atom stereocenters. The fraction of sp³-hybridized carbons (Fsp3) is 0.355. The van der Waals surface area contributed by atoms with E-state index < -0.39 is 28.5 Å². The molecule has 3 rings (SSSR count). The largest absolute Gasteiger partial charge is 0.495 e. The van der Waals surface area contributed by atoms with Gasteiger partial charge in [-0.2, -0.15) is 0 Å². The Balaban J connectivity index is 2.11. The Hall–Kier alpha value is -3.56. The number of nitrogens with one attached hydrogen (secondary N) is 1. The summed E-state index contributed by atoms with van der Waals surface area (Å²) in [6.07, 6.45) is 1.04. The van der Waals surface area contributed by atoms with E-state index in [0.29, 0.717) is 17.0 Å². The molecule has 0 spiro atoms. The summed E-state index contributed by atoms with van der Waals surface area (Å²) in [7, 11) is -2.77. The molecule has 1 N–H and O–H groups in total. The van der Waals surface area contributed by atoms with Gasteiger partial charge in [0.2, 0.25) is 11.8 Å². The van der Waals surface area contributed by atoms with E-state index in [2.05, 4.69) is 5.32 Å². The minimum Gasteiger partial charge on any atom is -0.495 e. The summed E-state index contributed by atoms with van der Waals surface area (Å²) < 4.78 is 34.6. The SMILES string of the molecule is CC[C@H](C)NC(=O)[C@H](CC)N(Cc1ccccc1Cl)C(=O)CN(c1ccccc1OC)S(=O)(=O)c1ccc(C)cc1. The van der Waals surface area contributed by atoms with E-state index in [4.69, 9.17) is 16.3 Å². The average molecular weight is 600 g/mol. The van der Waals surface area contributed by atoms with Crippen LogP contribution in [0.4, 0.5) is 5.69 Å². The molecule has 220 valence electrons. The molecule has 0 aliphatic heterocycles. The molecule has 0 bridgehead atoms. The second-order valence-electron chi connectivity index (χ2n) is 9.85. The van der Waals surface area contributed by atoms with Gasteiger partial charge >= 0.3 is 0 Å². The zero-order chi connectivity index (χ0) is 30.2. The number of hydrogen-bond donors (Lipinski definition) is 1. The Morgan fingerprint density at radius 3 is 2.20 bits per heavy atom. The lowest BCUT2D eigenvalue weighted by molar-refractivity contribution is -0.140. The van der Waals surface area contributed by atoms with Crippen molar-refractivity contribution in [1.29, 1.82) is 0 Å². The minimum atomic E-state index is -4.21. The molecule has 41 heavy (non-hydrogen) atoms. The minimum absolute atomic E-state index is 0.0231. The summed E-state index contributed by atoms with van der Waals surface area (Å²) in [5, 5.41) is 3.40. The first-order valence-electron chi connectivity index (χ1n) is 13.6. The highest BCUT2D eigenvalue weighted by molar-refractivity contribution is 7.92. The number of ether oxygens (including phenoxy) is 1. The standard InChI is InChI=1S/C31H38ClN3O5S/c1-6-23(4)33-31(37)27(7-2)34(20-24-12-8-9-13-26(24)32)30(36)21-35(28-14-10-11-15-29(28)40-5)41(38,39)25-18-16-22(3)17-19-25/h8-19,23,27H,6-7,20-21H2,1-5H3,(H,33,37)/t23-,27-/m0/s1. The number of halogens is 1. The zero-order valence-electron chi connectivity index (χ0n) is 24.1. The summed E-state index contributed by atoms with van der Waals surface area (Å²) in [5.74, 6) is -0.583. The molecule has 0 aliphatic rings. The molecule has 0 saturated carbocycles. The predicted octanol–water partition coefficient (Wildman–Crippen LogP) is 5.57. The molecule has 0 saturated heterocycles. The Morgan fingerprint density at radius 2 is 1.59 bits per heavy atom. The molecule has 10 heteroatoms. The summed E-state index contributed by atoms with van der Waals surface area (Å²) >= 11 is 6.45. The Kier molecular flexibility index (Phi) is 11.2. The van der Waals surface area contributed by atoms with Gasteiger partial charge in [-0.15, -0.1) is 0 Å². The number of rotatable bonds is 13. The van der Waals surface area contributed by atoms with Crippen LogP contribution >= 0.6 is 11.6 Å². The number of benzene rings is 3.